The molecular formula is C33H51ClN2O2. The number of likely N-dealkylation sites (tertiary alicyclic amines) is 1. The summed E-state index contributed by atoms with van der Waals surface area (Å²) in [5, 5.41) is 14.4. The van der Waals surface area contributed by atoms with E-state index in [1.165, 1.54) is 18.4 Å². The van der Waals surface area contributed by atoms with Crippen LogP contribution < -0.4 is 5.32 Å². The lowest BCUT2D eigenvalue weighted by molar-refractivity contribution is 0.0744. The van der Waals surface area contributed by atoms with Crippen LogP contribution in [-0.2, 0) is 4.74 Å². The average molecular weight is 543 g/mol. The van der Waals surface area contributed by atoms with Crippen LogP contribution >= 0.6 is 11.6 Å². The number of aliphatic hydroxyl groups is 1. The molecule has 1 unspecified atom stereocenters. The molecule has 3 aliphatic heterocycles. The number of fused-ring (bicyclic) bond motifs is 1. The Bertz CT molecular complexity index is 902. The Balaban J connectivity index is 1.70. The third-order valence-corrected chi connectivity index (χ3v) is 9.29. The highest BCUT2D eigenvalue weighted by Crippen LogP contribution is 2.41. The molecule has 3 heterocycles. The second kappa shape index (κ2) is 14.7. The van der Waals surface area contributed by atoms with Gasteiger partial charge in [0.1, 0.15) is 0 Å². The van der Waals surface area contributed by atoms with Crippen LogP contribution in [0.5, 0.6) is 0 Å². The van der Waals surface area contributed by atoms with Gasteiger partial charge in [-0.2, -0.15) is 0 Å². The number of halogens is 1. The van der Waals surface area contributed by atoms with Gasteiger partial charge in [-0.3, -0.25) is 0 Å². The van der Waals surface area contributed by atoms with Gasteiger partial charge in [-0.25, -0.2) is 0 Å². The fourth-order valence-electron chi connectivity index (χ4n) is 6.11. The molecule has 0 radical (unpaired) electrons. The first-order valence-corrected chi connectivity index (χ1v) is 15.1. The molecule has 0 aromatic carbocycles. The number of piperidine rings is 1. The van der Waals surface area contributed by atoms with Crippen molar-refractivity contribution in [2.75, 3.05) is 38.7 Å². The Labute approximate surface area is 237 Å². The van der Waals surface area contributed by atoms with Gasteiger partial charge in [0.25, 0.3) is 0 Å². The Kier molecular flexibility index (Phi) is 12.0. The number of alkyl halides is 1. The van der Waals surface area contributed by atoms with E-state index in [0.717, 1.165) is 62.9 Å². The van der Waals surface area contributed by atoms with E-state index < -0.39 is 5.60 Å². The molecule has 5 heteroatoms. The number of allylic oxidation sites excluding steroid dienone is 6. The first-order chi connectivity index (χ1) is 18.2. The van der Waals surface area contributed by atoms with E-state index in [9.17, 15) is 5.11 Å². The molecule has 0 aromatic rings. The highest BCUT2D eigenvalue weighted by molar-refractivity contribution is 6.18. The van der Waals surface area contributed by atoms with Crippen LogP contribution in [0.3, 0.4) is 0 Å². The zero-order valence-corrected chi connectivity index (χ0v) is 24.8. The lowest BCUT2D eigenvalue weighted by Crippen LogP contribution is -2.43. The van der Waals surface area contributed by atoms with Gasteiger partial charge in [0.05, 0.1) is 18.2 Å². The smallest absolute Gasteiger partial charge is 0.0803 e. The SMILES string of the molecule is C=C/C=C\C[C@H](CCl)C1(C)CCN(CC/C=C2/C(=C)/C=C(/C(C)(C)O)CCCOCC3NC=CC[C@@H]23)CC1. The lowest BCUT2D eigenvalue weighted by atomic mass is 9.69. The third-order valence-electron chi connectivity index (χ3n) is 8.91. The van der Waals surface area contributed by atoms with Crippen molar-refractivity contribution in [1.82, 2.24) is 10.2 Å². The van der Waals surface area contributed by atoms with Crippen LogP contribution in [0.2, 0.25) is 0 Å². The molecule has 0 spiro atoms. The minimum Gasteiger partial charge on any atom is -0.386 e. The van der Waals surface area contributed by atoms with Crippen molar-refractivity contribution in [1.29, 1.82) is 0 Å². The Morgan fingerprint density at radius 2 is 2.11 bits per heavy atom. The molecule has 2 N–H and O–H groups in total. The van der Waals surface area contributed by atoms with Gasteiger partial charge >= 0.3 is 0 Å². The van der Waals surface area contributed by atoms with Crippen LogP contribution in [0, 0.1) is 17.3 Å². The molecular weight excluding hydrogens is 492 g/mol. The summed E-state index contributed by atoms with van der Waals surface area (Å²) in [4.78, 5) is 2.61. The second-order valence-electron chi connectivity index (χ2n) is 12.1. The lowest BCUT2D eigenvalue weighted by Gasteiger charge is -2.44. The molecule has 3 aliphatic rings. The summed E-state index contributed by atoms with van der Waals surface area (Å²) in [5.74, 6) is 1.52. The van der Waals surface area contributed by atoms with E-state index in [1.807, 2.05) is 26.0 Å². The molecule has 3 atom stereocenters. The summed E-state index contributed by atoms with van der Waals surface area (Å²) in [7, 11) is 0. The molecule has 0 bridgehead atoms. The van der Waals surface area contributed by atoms with Crippen LogP contribution in [-0.4, -0.2) is 60.4 Å². The number of hydrogen-bond acceptors (Lipinski definition) is 4. The minimum absolute atomic E-state index is 0.235. The minimum atomic E-state index is -0.866. The van der Waals surface area contributed by atoms with E-state index in [-0.39, 0.29) is 11.5 Å². The number of nitrogens with one attached hydrogen (secondary N) is 1. The van der Waals surface area contributed by atoms with Crippen molar-refractivity contribution in [3.63, 3.8) is 0 Å². The number of nitrogens with zero attached hydrogens (tertiary/aromatic N) is 1. The van der Waals surface area contributed by atoms with Crippen LogP contribution in [0.25, 0.3) is 0 Å². The van der Waals surface area contributed by atoms with Crippen LogP contribution in [0.4, 0.5) is 0 Å². The van der Waals surface area contributed by atoms with E-state index in [4.69, 9.17) is 16.3 Å². The van der Waals surface area contributed by atoms with E-state index in [0.29, 0.717) is 30.9 Å². The number of ether oxygens (including phenoxy) is 1. The fraction of sp³-hybridized carbons (Fsp3) is 0.636. The maximum Gasteiger partial charge on any atom is 0.0803 e. The summed E-state index contributed by atoms with van der Waals surface area (Å²) in [5.41, 5.74) is 2.77. The molecule has 4 nitrogen and oxygen atoms in total. The highest BCUT2D eigenvalue weighted by atomic mass is 35.5. The Morgan fingerprint density at radius 1 is 1.34 bits per heavy atom. The average Bonchev–Trinajstić information content (AvgIpc) is 2.91. The van der Waals surface area contributed by atoms with Crippen LogP contribution in [0.15, 0.2) is 72.5 Å². The number of hydrogen-bond donors (Lipinski definition) is 2. The molecule has 1 saturated heterocycles. The van der Waals surface area contributed by atoms with Crippen molar-refractivity contribution in [3.8, 4) is 0 Å². The largest absolute Gasteiger partial charge is 0.386 e. The molecule has 0 amide bonds. The van der Waals surface area contributed by atoms with Crippen LogP contribution in [0.1, 0.15) is 65.7 Å². The first kappa shape index (κ1) is 30.9. The Hall–Kier alpha value is -1.59. The van der Waals surface area contributed by atoms with Crippen molar-refractivity contribution < 1.29 is 9.84 Å². The van der Waals surface area contributed by atoms with Gasteiger partial charge < -0.3 is 20.1 Å². The van der Waals surface area contributed by atoms with E-state index in [1.54, 1.807) is 0 Å². The molecule has 212 valence electrons. The predicted molar refractivity (Wildman–Crippen MR) is 162 cm³/mol. The monoisotopic (exact) mass is 542 g/mol. The molecule has 0 aromatic heterocycles. The van der Waals surface area contributed by atoms with Gasteiger partial charge in [-0.05, 0) is 106 Å². The maximum atomic E-state index is 10.8. The summed E-state index contributed by atoms with van der Waals surface area (Å²) < 4.78 is 6.07. The predicted octanol–water partition coefficient (Wildman–Crippen LogP) is 6.95. The molecule has 38 heavy (non-hydrogen) atoms. The van der Waals surface area contributed by atoms with Crippen molar-refractivity contribution in [2.45, 2.75) is 77.4 Å². The fourth-order valence-corrected chi connectivity index (χ4v) is 6.61. The van der Waals surface area contributed by atoms with Crippen molar-refractivity contribution >= 4 is 11.6 Å². The second-order valence-corrected chi connectivity index (χ2v) is 12.5. The molecule has 1 fully saturated rings. The topological polar surface area (TPSA) is 44.7 Å². The van der Waals surface area contributed by atoms with Gasteiger partial charge in [0.2, 0.25) is 0 Å². The van der Waals surface area contributed by atoms with E-state index in [2.05, 4.69) is 60.8 Å². The molecule has 3 rings (SSSR count). The zero-order valence-electron chi connectivity index (χ0n) is 24.1. The van der Waals surface area contributed by atoms with E-state index >= 15 is 0 Å². The third kappa shape index (κ3) is 8.71. The van der Waals surface area contributed by atoms with Gasteiger partial charge in [0.15, 0.2) is 0 Å². The molecule has 0 aliphatic carbocycles. The summed E-state index contributed by atoms with van der Waals surface area (Å²) in [6.45, 7) is 19.1. The summed E-state index contributed by atoms with van der Waals surface area (Å²) in [6, 6.07) is 0.235. The van der Waals surface area contributed by atoms with Gasteiger partial charge in [0, 0.05) is 24.9 Å². The summed E-state index contributed by atoms with van der Waals surface area (Å²) >= 11 is 6.41. The standard InChI is InChI=1S/C33H51ClN2O2/c1-6-7-8-12-28(24-34)33(5)16-20-36(21-17-33)19-10-15-29-26(2)23-27(32(3,4)37)13-11-22-38-25-31-30(29)14-9-18-35-31/h6-9,15,18,23,28,30-31,35,37H,1-2,10-14,16-17,19-22,24-25H2,3-5H3/b8-7-,27-23+,29-15-/t28-,30+,31?/m1/s1. The first-order valence-electron chi connectivity index (χ1n) is 14.6. The van der Waals surface area contributed by atoms with Gasteiger partial charge in [-0.15, -0.1) is 11.6 Å². The number of rotatable bonds is 9. The Morgan fingerprint density at radius 3 is 2.79 bits per heavy atom. The highest BCUT2D eigenvalue weighted by Gasteiger charge is 2.36. The summed E-state index contributed by atoms with van der Waals surface area (Å²) in [6.07, 6.45) is 22.0. The van der Waals surface area contributed by atoms with Crippen molar-refractivity contribution in [2.24, 2.45) is 17.3 Å². The van der Waals surface area contributed by atoms with Gasteiger partial charge in [-0.1, -0.05) is 56.5 Å². The molecule has 0 saturated carbocycles. The quantitative estimate of drug-likeness (QED) is 0.244. The zero-order chi connectivity index (χ0) is 27.6. The maximum absolute atomic E-state index is 10.8. The normalized spacial score (nSPS) is 28.7. The van der Waals surface area contributed by atoms with Crippen molar-refractivity contribution in [3.05, 3.63) is 72.5 Å².